The zero-order valence-electron chi connectivity index (χ0n) is 11.8. The van der Waals surface area contributed by atoms with Gasteiger partial charge in [0.05, 0.1) is 0 Å². The molecular weight excluding hydrogens is 338 g/mol. The normalized spacial score (nSPS) is 10.2. The third-order valence-corrected chi connectivity index (χ3v) is 3.73. The molecule has 0 aromatic heterocycles. The van der Waals surface area contributed by atoms with Crippen LogP contribution < -0.4 is 11.1 Å². The number of hydrogen-bond acceptors (Lipinski definition) is 3. The van der Waals surface area contributed by atoms with E-state index in [0.29, 0.717) is 18.0 Å². The number of carbonyl (C=O) groups is 1. The molecule has 1 aromatic rings. The van der Waals surface area contributed by atoms with E-state index in [-0.39, 0.29) is 5.91 Å². The molecule has 0 atom stereocenters. The molecule has 0 unspecified atom stereocenters. The van der Waals surface area contributed by atoms with Crippen molar-refractivity contribution in [3.63, 3.8) is 0 Å². The van der Waals surface area contributed by atoms with Crippen LogP contribution in [0.2, 0.25) is 0 Å². The van der Waals surface area contributed by atoms with E-state index in [2.05, 4.69) is 21.2 Å². The first kappa shape index (κ1) is 16.9. The lowest BCUT2D eigenvalue weighted by atomic mass is 10.1. The summed E-state index contributed by atoms with van der Waals surface area (Å²) in [6, 6.07) is 5.66. The molecule has 1 aromatic carbocycles. The van der Waals surface area contributed by atoms with Crippen LogP contribution in [0, 0.1) is 0 Å². The van der Waals surface area contributed by atoms with Gasteiger partial charge in [0, 0.05) is 41.8 Å². The molecule has 1 amide bonds. The average molecular weight is 358 g/mol. The van der Waals surface area contributed by atoms with Gasteiger partial charge < -0.3 is 16.0 Å². The molecule has 4 nitrogen and oxygen atoms in total. The molecule has 20 heavy (non-hydrogen) atoms. The van der Waals surface area contributed by atoms with Gasteiger partial charge in [0.2, 0.25) is 5.91 Å². The topological polar surface area (TPSA) is 58.4 Å². The van der Waals surface area contributed by atoms with Crippen LogP contribution in [0.25, 0.3) is 0 Å². The van der Waals surface area contributed by atoms with Gasteiger partial charge in [-0.15, -0.1) is 0 Å². The number of halogens is 1. The Bertz CT molecular complexity index is 489. The van der Waals surface area contributed by atoms with E-state index in [4.69, 9.17) is 18.0 Å². The molecule has 0 aliphatic heterocycles. The number of amides is 1. The fraction of sp³-hybridized carbons (Fsp3) is 0.429. The van der Waals surface area contributed by atoms with Gasteiger partial charge in [-0.3, -0.25) is 4.79 Å². The van der Waals surface area contributed by atoms with Gasteiger partial charge in [-0.1, -0.05) is 28.1 Å². The zero-order valence-corrected chi connectivity index (χ0v) is 14.2. The van der Waals surface area contributed by atoms with E-state index in [1.54, 1.807) is 0 Å². The lowest BCUT2D eigenvalue weighted by molar-refractivity contribution is -0.130. The third kappa shape index (κ3) is 4.76. The lowest BCUT2D eigenvalue weighted by Crippen LogP contribution is -2.31. The monoisotopic (exact) mass is 357 g/mol. The molecule has 3 N–H and O–H groups in total. The summed E-state index contributed by atoms with van der Waals surface area (Å²) in [5.74, 6) is 0.148. The van der Waals surface area contributed by atoms with Crippen molar-refractivity contribution >= 4 is 44.7 Å². The van der Waals surface area contributed by atoms with E-state index in [0.717, 1.165) is 28.8 Å². The van der Waals surface area contributed by atoms with Crippen LogP contribution in [0.1, 0.15) is 25.8 Å². The van der Waals surface area contributed by atoms with Crippen LogP contribution in [0.3, 0.4) is 0 Å². The zero-order chi connectivity index (χ0) is 15.1. The summed E-state index contributed by atoms with van der Waals surface area (Å²) in [4.78, 5) is 14.1. The van der Waals surface area contributed by atoms with Crippen LogP contribution in [-0.2, 0) is 4.79 Å². The van der Waals surface area contributed by atoms with Crippen molar-refractivity contribution < 1.29 is 4.79 Å². The molecule has 0 aliphatic carbocycles. The Hall–Kier alpha value is -1.14. The maximum atomic E-state index is 11.9. The maximum absolute atomic E-state index is 11.9. The maximum Gasteiger partial charge on any atom is 0.224 e. The summed E-state index contributed by atoms with van der Waals surface area (Å²) in [6.07, 6.45) is 0.449. The van der Waals surface area contributed by atoms with Crippen molar-refractivity contribution in [2.24, 2.45) is 5.73 Å². The summed E-state index contributed by atoms with van der Waals surface area (Å²) < 4.78 is 0.940. The molecule has 0 saturated carbocycles. The molecule has 6 heteroatoms. The minimum Gasteiger partial charge on any atom is -0.389 e. The number of thiocarbonyl (C=S) groups is 1. The number of hydrogen-bond donors (Lipinski definition) is 2. The Morgan fingerprint density at radius 2 is 2.05 bits per heavy atom. The Kier molecular flexibility index (Phi) is 6.95. The summed E-state index contributed by atoms with van der Waals surface area (Å²) in [5, 5.41) is 3.22. The highest BCUT2D eigenvalue weighted by atomic mass is 79.9. The number of anilines is 1. The van der Waals surface area contributed by atoms with Crippen molar-refractivity contribution in [2.45, 2.75) is 20.3 Å². The van der Waals surface area contributed by atoms with Crippen LogP contribution in [-0.4, -0.2) is 35.4 Å². The Morgan fingerprint density at radius 1 is 1.40 bits per heavy atom. The van der Waals surface area contributed by atoms with Crippen molar-refractivity contribution in [3.8, 4) is 0 Å². The second kappa shape index (κ2) is 8.21. The molecule has 0 radical (unpaired) electrons. The first-order valence-electron chi connectivity index (χ1n) is 6.60. The standard InChI is InChI=1S/C14H20BrN3OS/c1-3-18(4-2)13(19)7-8-17-12-9-10(15)5-6-11(12)14(16)20/h5-6,9,17H,3-4,7-8H2,1-2H3,(H2,16,20). The molecule has 0 fully saturated rings. The minimum absolute atomic E-state index is 0.148. The second-order valence-corrected chi connectivity index (χ2v) is 5.65. The second-order valence-electron chi connectivity index (χ2n) is 4.30. The molecule has 0 heterocycles. The van der Waals surface area contributed by atoms with Crippen molar-refractivity contribution in [1.82, 2.24) is 4.90 Å². The largest absolute Gasteiger partial charge is 0.389 e. The van der Waals surface area contributed by atoms with Crippen molar-refractivity contribution in [2.75, 3.05) is 25.0 Å². The Labute approximate surface area is 133 Å². The number of benzene rings is 1. The van der Waals surface area contributed by atoms with Crippen LogP contribution >= 0.6 is 28.1 Å². The first-order chi connectivity index (χ1) is 9.49. The molecule has 0 bridgehead atoms. The summed E-state index contributed by atoms with van der Waals surface area (Å²) in [6.45, 7) is 6.00. The van der Waals surface area contributed by atoms with Gasteiger partial charge >= 0.3 is 0 Å². The van der Waals surface area contributed by atoms with Crippen LogP contribution in [0.5, 0.6) is 0 Å². The molecule has 0 saturated heterocycles. The quantitative estimate of drug-likeness (QED) is 0.736. The summed E-state index contributed by atoms with van der Waals surface area (Å²) in [5.41, 5.74) is 7.33. The number of nitrogens with one attached hydrogen (secondary N) is 1. The molecule has 1 rings (SSSR count). The highest BCUT2D eigenvalue weighted by molar-refractivity contribution is 9.10. The van der Waals surface area contributed by atoms with Crippen molar-refractivity contribution in [1.29, 1.82) is 0 Å². The number of carbonyl (C=O) groups excluding carboxylic acids is 1. The third-order valence-electron chi connectivity index (χ3n) is 3.02. The van der Waals surface area contributed by atoms with Gasteiger partial charge in [0.1, 0.15) is 4.99 Å². The Morgan fingerprint density at radius 3 is 2.60 bits per heavy atom. The van der Waals surface area contributed by atoms with Crippen molar-refractivity contribution in [3.05, 3.63) is 28.2 Å². The van der Waals surface area contributed by atoms with Gasteiger partial charge in [-0.05, 0) is 32.0 Å². The van der Waals surface area contributed by atoms with Gasteiger partial charge in [0.15, 0.2) is 0 Å². The van der Waals surface area contributed by atoms with Gasteiger partial charge in [-0.25, -0.2) is 0 Å². The molecule has 0 aliphatic rings. The molecular formula is C14H20BrN3OS. The van der Waals surface area contributed by atoms with E-state index >= 15 is 0 Å². The van der Waals surface area contributed by atoms with E-state index in [9.17, 15) is 4.79 Å². The SMILES string of the molecule is CCN(CC)C(=O)CCNc1cc(Br)ccc1C(N)=S. The Balaban J connectivity index is 2.64. The number of nitrogens with zero attached hydrogens (tertiary/aromatic N) is 1. The van der Waals surface area contributed by atoms with Crippen LogP contribution in [0.15, 0.2) is 22.7 Å². The number of nitrogens with two attached hydrogens (primary N) is 1. The van der Waals surface area contributed by atoms with Gasteiger partial charge in [0.25, 0.3) is 0 Å². The predicted octanol–water partition coefficient (Wildman–Crippen LogP) is 2.75. The van der Waals surface area contributed by atoms with Crippen LogP contribution in [0.4, 0.5) is 5.69 Å². The number of rotatable bonds is 7. The highest BCUT2D eigenvalue weighted by Crippen LogP contribution is 2.21. The fourth-order valence-electron chi connectivity index (χ4n) is 1.92. The summed E-state index contributed by atoms with van der Waals surface area (Å²) in [7, 11) is 0. The van der Waals surface area contributed by atoms with Gasteiger partial charge in [-0.2, -0.15) is 0 Å². The predicted molar refractivity (Wildman–Crippen MR) is 91.1 cm³/mol. The van der Waals surface area contributed by atoms with E-state index in [1.165, 1.54) is 0 Å². The lowest BCUT2D eigenvalue weighted by Gasteiger charge is -2.19. The summed E-state index contributed by atoms with van der Waals surface area (Å²) >= 11 is 8.43. The highest BCUT2D eigenvalue weighted by Gasteiger charge is 2.10. The van der Waals surface area contributed by atoms with E-state index in [1.807, 2.05) is 36.9 Å². The average Bonchev–Trinajstić information content (AvgIpc) is 2.39. The molecule has 0 spiro atoms. The van der Waals surface area contributed by atoms with E-state index < -0.39 is 0 Å². The fourth-order valence-corrected chi connectivity index (χ4v) is 2.46. The smallest absolute Gasteiger partial charge is 0.224 e. The minimum atomic E-state index is 0.148. The molecule has 110 valence electrons. The first-order valence-corrected chi connectivity index (χ1v) is 7.80.